The van der Waals surface area contributed by atoms with Crippen LogP contribution in [0.4, 0.5) is 0 Å². The number of nitrogens with one attached hydrogen (secondary N) is 2. The maximum atomic E-state index is 14.1. The first-order valence-electron chi connectivity index (χ1n) is 16.4. The Hall–Kier alpha value is -3.94. The summed E-state index contributed by atoms with van der Waals surface area (Å²) in [6, 6.07) is 3.75. The van der Waals surface area contributed by atoms with Gasteiger partial charge in [0.2, 0.25) is 27.7 Å². The molecule has 3 saturated carbocycles. The van der Waals surface area contributed by atoms with E-state index >= 15 is 0 Å². The molecule has 2 aromatic rings. The van der Waals surface area contributed by atoms with E-state index in [1.807, 2.05) is 32.1 Å². The molecule has 6 rings (SSSR count). The molecular weight excluding hydrogens is 626 g/mol. The summed E-state index contributed by atoms with van der Waals surface area (Å²) < 4.78 is 45.2. The van der Waals surface area contributed by atoms with Gasteiger partial charge in [-0.15, -0.1) is 0 Å². The Morgan fingerprint density at radius 2 is 1.91 bits per heavy atom. The van der Waals surface area contributed by atoms with E-state index in [2.05, 4.69) is 20.0 Å². The molecular formula is C33H43N5O8S. The smallest absolute Gasteiger partial charge is 0.320 e. The molecule has 0 bridgehead atoms. The molecule has 0 saturated heterocycles. The van der Waals surface area contributed by atoms with Crippen LogP contribution in [0, 0.1) is 24.7 Å². The highest BCUT2D eigenvalue weighted by Gasteiger charge is 2.62. The number of ether oxygens (including phenoxy) is 3. The van der Waals surface area contributed by atoms with Gasteiger partial charge in [0.15, 0.2) is 0 Å². The summed E-state index contributed by atoms with van der Waals surface area (Å²) in [6.45, 7) is 4.60. The van der Waals surface area contributed by atoms with Crippen molar-refractivity contribution in [2.24, 2.45) is 17.8 Å². The molecule has 2 N–H and O–H groups in total. The third kappa shape index (κ3) is 6.61. The second-order valence-electron chi connectivity index (χ2n) is 13.1. The molecule has 4 aliphatic rings. The van der Waals surface area contributed by atoms with Crippen LogP contribution >= 0.6 is 0 Å². The summed E-state index contributed by atoms with van der Waals surface area (Å²) in [5.74, 6) is -2.32. The first kappa shape index (κ1) is 33.0. The molecule has 0 radical (unpaired) electrons. The van der Waals surface area contributed by atoms with Gasteiger partial charge in [-0.2, -0.15) is 9.97 Å². The molecule has 14 heteroatoms. The lowest BCUT2D eigenvalue weighted by atomic mass is 9.93. The second kappa shape index (κ2) is 12.9. The predicted octanol–water partition coefficient (Wildman–Crippen LogP) is 2.80. The molecule has 3 amide bonds. The minimum Gasteiger partial charge on any atom is -0.496 e. The zero-order chi connectivity index (χ0) is 33.5. The number of aromatic nitrogens is 2. The Bertz CT molecular complexity index is 1710. The van der Waals surface area contributed by atoms with E-state index in [0.717, 1.165) is 24.8 Å². The van der Waals surface area contributed by atoms with Crippen molar-refractivity contribution in [3.63, 3.8) is 0 Å². The molecule has 254 valence electrons. The van der Waals surface area contributed by atoms with E-state index in [0.29, 0.717) is 42.6 Å². The van der Waals surface area contributed by atoms with Gasteiger partial charge in [-0.1, -0.05) is 12.2 Å². The standard InChI is InChI=1S/C33H43N5O8S/c1-5-45-32-34-27-19(2)26(44-4)14-13-23(27)29(35-32)46-21-16-24-25(17-21)30(40)38(3)15-9-7-6-8-10-20-18-33(20,36-28(24)39)31(41)37-47(42,43)22-11-12-22/h8,10,13-14,20-22,24-25H,5-7,9,11-12,15-18H2,1-4H3,(H,36,39)(H,37,41)/b10-8-/t20-,21+,24+,25+,33+/m0/s1. The molecule has 0 spiro atoms. The van der Waals surface area contributed by atoms with Crippen molar-refractivity contribution in [1.82, 2.24) is 24.9 Å². The van der Waals surface area contributed by atoms with E-state index in [-0.39, 0.29) is 43.0 Å². The third-order valence-electron chi connectivity index (χ3n) is 9.78. The summed E-state index contributed by atoms with van der Waals surface area (Å²) in [5, 5.41) is 2.97. The highest BCUT2D eigenvalue weighted by molar-refractivity contribution is 7.91. The van der Waals surface area contributed by atoms with Gasteiger partial charge in [-0.25, -0.2) is 8.42 Å². The number of hydrogen-bond acceptors (Lipinski definition) is 10. The number of rotatable bonds is 8. The monoisotopic (exact) mass is 669 g/mol. The number of aryl methyl sites for hydroxylation is 1. The average molecular weight is 670 g/mol. The Kier molecular flexibility index (Phi) is 9.07. The Morgan fingerprint density at radius 1 is 1.15 bits per heavy atom. The molecule has 3 fully saturated rings. The van der Waals surface area contributed by atoms with Crippen LogP contribution in [0.15, 0.2) is 24.3 Å². The van der Waals surface area contributed by atoms with Crippen molar-refractivity contribution in [3.05, 3.63) is 29.8 Å². The van der Waals surface area contributed by atoms with Gasteiger partial charge in [0.1, 0.15) is 17.4 Å². The number of carbonyl (C=O) groups is 3. The van der Waals surface area contributed by atoms with Crippen molar-refractivity contribution in [1.29, 1.82) is 0 Å². The zero-order valence-corrected chi connectivity index (χ0v) is 28.1. The van der Waals surface area contributed by atoms with Gasteiger partial charge in [0, 0.05) is 25.1 Å². The molecule has 3 aliphatic carbocycles. The lowest BCUT2D eigenvalue weighted by molar-refractivity contribution is -0.140. The average Bonchev–Trinajstić information content (AvgIpc) is 3.96. The van der Waals surface area contributed by atoms with E-state index < -0.39 is 50.6 Å². The summed E-state index contributed by atoms with van der Waals surface area (Å²) in [4.78, 5) is 52.2. The second-order valence-corrected chi connectivity index (χ2v) is 15.0. The third-order valence-corrected chi connectivity index (χ3v) is 11.6. The summed E-state index contributed by atoms with van der Waals surface area (Å²) >= 11 is 0. The van der Waals surface area contributed by atoms with Crippen LogP contribution in [0.2, 0.25) is 0 Å². The Balaban J connectivity index is 1.30. The molecule has 1 aromatic carbocycles. The van der Waals surface area contributed by atoms with E-state index in [1.165, 1.54) is 0 Å². The van der Waals surface area contributed by atoms with Crippen LogP contribution in [0.1, 0.15) is 63.9 Å². The van der Waals surface area contributed by atoms with Gasteiger partial charge in [-0.05, 0) is 77.3 Å². The lowest BCUT2D eigenvalue weighted by Gasteiger charge is -2.26. The number of nitrogens with zero attached hydrogens (tertiary/aromatic N) is 3. The fourth-order valence-electron chi connectivity index (χ4n) is 6.82. The summed E-state index contributed by atoms with van der Waals surface area (Å²) in [5.41, 5.74) is -0.0108. The molecule has 2 heterocycles. The molecule has 0 unspecified atom stereocenters. The van der Waals surface area contributed by atoms with Crippen LogP contribution in [0.3, 0.4) is 0 Å². The Labute approximate surface area is 274 Å². The number of sulfonamides is 1. The summed E-state index contributed by atoms with van der Waals surface area (Å²) in [6.07, 6.45) is 7.41. The van der Waals surface area contributed by atoms with Crippen LogP contribution in [0.5, 0.6) is 17.6 Å². The van der Waals surface area contributed by atoms with Gasteiger partial charge >= 0.3 is 6.01 Å². The minimum atomic E-state index is -3.82. The van der Waals surface area contributed by atoms with E-state index in [4.69, 9.17) is 14.2 Å². The molecule has 47 heavy (non-hydrogen) atoms. The number of benzene rings is 1. The highest BCUT2D eigenvalue weighted by atomic mass is 32.2. The maximum absolute atomic E-state index is 14.1. The van der Waals surface area contributed by atoms with Crippen LogP contribution < -0.4 is 24.2 Å². The quantitative estimate of drug-likeness (QED) is 0.399. The minimum absolute atomic E-state index is 0.137. The number of amides is 3. The molecule has 1 aromatic heterocycles. The number of fused-ring (bicyclic) bond motifs is 3. The van der Waals surface area contributed by atoms with Gasteiger partial charge in [-0.3, -0.25) is 19.1 Å². The zero-order valence-electron chi connectivity index (χ0n) is 27.3. The van der Waals surface area contributed by atoms with Gasteiger partial charge in [0.05, 0.1) is 41.7 Å². The number of hydrogen-bond donors (Lipinski definition) is 2. The first-order chi connectivity index (χ1) is 22.5. The lowest BCUT2D eigenvalue weighted by Crippen LogP contribution is -2.54. The van der Waals surface area contributed by atoms with Crippen molar-refractivity contribution in [3.8, 4) is 17.6 Å². The van der Waals surface area contributed by atoms with Crippen LogP contribution in [0.25, 0.3) is 10.9 Å². The van der Waals surface area contributed by atoms with Crippen molar-refractivity contribution < 1.29 is 37.0 Å². The first-order valence-corrected chi connectivity index (χ1v) is 18.0. The van der Waals surface area contributed by atoms with E-state index in [1.54, 1.807) is 25.1 Å². The molecule has 5 atom stereocenters. The van der Waals surface area contributed by atoms with Crippen molar-refractivity contribution >= 4 is 38.6 Å². The van der Waals surface area contributed by atoms with Crippen molar-refractivity contribution in [2.75, 3.05) is 27.3 Å². The molecule has 1 aliphatic heterocycles. The number of methoxy groups -OCH3 is 1. The molecule has 13 nitrogen and oxygen atoms in total. The SMILES string of the molecule is CCOc1nc(O[C@@H]2C[C@H]3C(=O)N[C@]4(C(=O)NS(=O)(=O)C5CC5)C[C@@H]4/C=C\CCCCN(C)C(=O)[C@@H]3C2)c2ccc(OC)c(C)c2n1. The summed E-state index contributed by atoms with van der Waals surface area (Å²) in [7, 11) is -0.500. The predicted molar refractivity (Wildman–Crippen MR) is 172 cm³/mol. The topological polar surface area (TPSA) is 166 Å². The number of carbonyl (C=O) groups excluding carboxylic acids is 3. The van der Waals surface area contributed by atoms with Gasteiger partial charge < -0.3 is 24.4 Å². The fraction of sp³-hybridized carbons (Fsp3) is 0.606. The Morgan fingerprint density at radius 3 is 2.64 bits per heavy atom. The largest absolute Gasteiger partial charge is 0.496 e. The van der Waals surface area contributed by atoms with Gasteiger partial charge in [0.25, 0.3) is 5.91 Å². The highest BCUT2D eigenvalue weighted by Crippen LogP contribution is 2.47. The van der Waals surface area contributed by atoms with E-state index in [9.17, 15) is 22.8 Å². The van der Waals surface area contributed by atoms with Crippen LogP contribution in [-0.4, -0.2) is 85.2 Å². The fourth-order valence-corrected chi connectivity index (χ4v) is 8.18. The normalized spacial score (nSPS) is 28.8. The van der Waals surface area contributed by atoms with Crippen LogP contribution in [-0.2, 0) is 24.4 Å². The maximum Gasteiger partial charge on any atom is 0.320 e. The van der Waals surface area contributed by atoms with Crippen molar-refractivity contribution in [2.45, 2.75) is 82.1 Å². The number of allylic oxidation sites excluding steroid dienone is 1.